The standard InChI is InChI=1S/C10H10F2O2/c11-8-4-2-5-9(12)7(8)3-1-6-10(13)14/h2,4-5H,1,3,6H2,(H,13,14). The number of aliphatic carboxylic acids is 1. The van der Waals surface area contributed by atoms with Crippen LogP contribution in [0.4, 0.5) is 8.78 Å². The van der Waals surface area contributed by atoms with Crippen molar-refractivity contribution in [3.05, 3.63) is 35.4 Å². The summed E-state index contributed by atoms with van der Waals surface area (Å²) in [6, 6.07) is 3.61. The quantitative estimate of drug-likeness (QED) is 0.810. The van der Waals surface area contributed by atoms with Crippen LogP contribution in [0.15, 0.2) is 18.2 Å². The average Bonchev–Trinajstić information content (AvgIpc) is 2.09. The Morgan fingerprint density at radius 1 is 1.29 bits per heavy atom. The Bertz CT molecular complexity index is 317. The zero-order chi connectivity index (χ0) is 10.6. The fourth-order valence-corrected chi connectivity index (χ4v) is 1.19. The molecule has 0 radical (unpaired) electrons. The summed E-state index contributed by atoms with van der Waals surface area (Å²) in [5.41, 5.74) is -0.0336. The van der Waals surface area contributed by atoms with Crippen molar-refractivity contribution in [2.24, 2.45) is 0 Å². The van der Waals surface area contributed by atoms with E-state index in [1.165, 1.54) is 18.2 Å². The van der Waals surface area contributed by atoms with E-state index < -0.39 is 17.6 Å². The first-order chi connectivity index (χ1) is 6.61. The summed E-state index contributed by atoms with van der Waals surface area (Å²) in [7, 11) is 0. The van der Waals surface area contributed by atoms with Gasteiger partial charge in [-0.2, -0.15) is 0 Å². The maximum absolute atomic E-state index is 13.0. The van der Waals surface area contributed by atoms with Gasteiger partial charge in [-0.1, -0.05) is 6.07 Å². The summed E-state index contributed by atoms with van der Waals surface area (Å²) in [4.78, 5) is 10.2. The summed E-state index contributed by atoms with van der Waals surface area (Å²) < 4.78 is 26.0. The molecule has 0 atom stereocenters. The number of carboxylic acids is 1. The highest BCUT2D eigenvalue weighted by atomic mass is 19.1. The van der Waals surface area contributed by atoms with Crippen LogP contribution >= 0.6 is 0 Å². The largest absolute Gasteiger partial charge is 0.481 e. The Morgan fingerprint density at radius 3 is 2.36 bits per heavy atom. The minimum atomic E-state index is -0.957. The molecule has 4 heteroatoms. The molecule has 0 aromatic heterocycles. The van der Waals surface area contributed by atoms with Crippen molar-refractivity contribution in [3.8, 4) is 0 Å². The Labute approximate surface area is 80.2 Å². The molecule has 1 N–H and O–H groups in total. The van der Waals surface area contributed by atoms with Crippen molar-refractivity contribution in [2.75, 3.05) is 0 Å². The van der Waals surface area contributed by atoms with Gasteiger partial charge >= 0.3 is 5.97 Å². The fourth-order valence-electron chi connectivity index (χ4n) is 1.19. The van der Waals surface area contributed by atoms with Crippen molar-refractivity contribution in [1.29, 1.82) is 0 Å². The van der Waals surface area contributed by atoms with E-state index in [1.807, 2.05) is 0 Å². The molecule has 1 aromatic rings. The number of carbonyl (C=O) groups is 1. The SMILES string of the molecule is O=C(O)CCCc1c(F)cccc1F. The predicted molar refractivity (Wildman–Crippen MR) is 46.9 cm³/mol. The van der Waals surface area contributed by atoms with Crippen molar-refractivity contribution in [3.63, 3.8) is 0 Å². The summed E-state index contributed by atoms with van der Waals surface area (Å²) in [5.74, 6) is -2.19. The fraction of sp³-hybridized carbons (Fsp3) is 0.300. The maximum atomic E-state index is 13.0. The van der Waals surface area contributed by atoms with Gasteiger partial charge in [-0.15, -0.1) is 0 Å². The van der Waals surface area contributed by atoms with E-state index in [1.54, 1.807) is 0 Å². The van der Waals surface area contributed by atoms with Crippen LogP contribution in [-0.4, -0.2) is 11.1 Å². The normalized spacial score (nSPS) is 10.1. The minimum absolute atomic E-state index is 0.0336. The molecule has 0 unspecified atom stereocenters. The molecule has 0 amide bonds. The van der Waals surface area contributed by atoms with E-state index in [4.69, 9.17) is 5.11 Å². The maximum Gasteiger partial charge on any atom is 0.303 e. The average molecular weight is 200 g/mol. The summed E-state index contributed by atoms with van der Waals surface area (Å²) in [6.45, 7) is 0. The zero-order valence-corrected chi connectivity index (χ0v) is 7.46. The van der Waals surface area contributed by atoms with Crippen molar-refractivity contribution in [2.45, 2.75) is 19.3 Å². The first-order valence-corrected chi connectivity index (χ1v) is 4.26. The number of hydrogen-bond acceptors (Lipinski definition) is 1. The molecule has 14 heavy (non-hydrogen) atoms. The molecule has 1 rings (SSSR count). The number of benzene rings is 1. The van der Waals surface area contributed by atoms with Gasteiger partial charge in [0.1, 0.15) is 11.6 Å². The van der Waals surface area contributed by atoms with E-state index in [0.29, 0.717) is 0 Å². The molecule has 0 aliphatic heterocycles. The third kappa shape index (κ3) is 2.80. The van der Waals surface area contributed by atoms with E-state index in [-0.39, 0.29) is 24.8 Å². The van der Waals surface area contributed by atoms with E-state index in [0.717, 1.165) is 0 Å². The number of carboxylic acid groups (broad SMARTS) is 1. The molecule has 0 heterocycles. The highest BCUT2D eigenvalue weighted by molar-refractivity contribution is 5.66. The molecule has 76 valence electrons. The lowest BCUT2D eigenvalue weighted by Gasteiger charge is -2.02. The highest BCUT2D eigenvalue weighted by Gasteiger charge is 2.08. The summed E-state index contributed by atoms with van der Waals surface area (Å²) >= 11 is 0. The van der Waals surface area contributed by atoms with Gasteiger partial charge < -0.3 is 5.11 Å². The molecule has 2 nitrogen and oxygen atoms in total. The van der Waals surface area contributed by atoms with Crippen molar-refractivity contribution in [1.82, 2.24) is 0 Å². The first kappa shape index (κ1) is 10.6. The molecule has 0 aliphatic rings. The van der Waals surface area contributed by atoms with Crippen LogP contribution in [0.3, 0.4) is 0 Å². The lowest BCUT2D eigenvalue weighted by Crippen LogP contribution is -1.99. The van der Waals surface area contributed by atoms with Crippen LogP contribution < -0.4 is 0 Å². The topological polar surface area (TPSA) is 37.3 Å². The number of hydrogen-bond donors (Lipinski definition) is 1. The third-order valence-corrected chi connectivity index (χ3v) is 1.88. The highest BCUT2D eigenvalue weighted by Crippen LogP contribution is 2.14. The van der Waals surface area contributed by atoms with Crippen molar-refractivity contribution >= 4 is 5.97 Å². The number of halogens is 2. The molecule has 0 saturated carbocycles. The molecule has 0 bridgehead atoms. The third-order valence-electron chi connectivity index (χ3n) is 1.88. The van der Waals surface area contributed by atoms with Crippen molar-refractivity contribution < 1.29 is 18.7 Å². The Kier molecular flexibility index (Phi) is 3.56. The molecule has 0 spiro atoms. The van der Waals surface area contributed by atoms with E-state index in [9.17, 15) is 13.6 Å². The molecule has 1 aromatic carbocycles. The second-order valence-electron chi connectivity index (χ2n) is 2.95. The molecule has 0 fully saturated rings. The van der Waals surface area contributed by atoms with Crippen LogP contribution in [0, 0.1) is 11.6 Å². The number of rotatable bonds is 4. The van der Waals surface area contributed by atoms with E-state index in [2.05, 4.69) is 0 Å². The zero-order valence-electron chi connectivity index (χ0n) is 7.46. The molecule has 0 saturated heterocycles. The minimum Gasteiger partial charge on any atom is -0.481 e. The lowest BCUT2D eigenvalue weighted by atomic mass is 10.1. The van der Waals surface area contributed by atoms with Gasteiger partial charge in [0, 0.05) is 12.0 Å². The molecular weight excluding hydrogens is 190 g/mol. The van der Waals surface area contributed by atoms with Gasteiger partial charge in [0.05, 0.1) is 0 Å². The van der Waals surface area contributed by atoms with Gasteiger partial charge in [-0.05, 0) is 25.0 Å². The second kappa shape index (κ2) is 4.69. The predicted octanol–water partition coefficient (Wildman–Crippen LogP) is 2.37. The van der Waals surface area contributed by atoms with E-state index >= 15 is 0 Å². The lowest BCUT2D eigenvalue weighted by molar-refractivity contribution is -0.137. The van der Waals surface area contributed by atoms with Crippen LogP contribution in [0.5, 0.6) is 0 Å². The van der Waals surface area contributed by atoms with Gasteiger partial charge in [-0.3, -0.25) is 4.79 Å². The van der Waals surface area contributed by atoms with Crippen LogP contribution in [0.1, 0.15) is 18.4 Å². The Hall–Kier alpha value is -1.45. The van der Waals surface area contributed by atoms with Gasteiger partial charge in [0.2, 0.25) is 0 Å². The Balaban J connectivity index is 2.62. The first-order valence-electron chi connectivity index (χ1n) is 4.26. The second-order valence-corrected chi connectivity index (χ2v) is 2.95. The van der Waals surface area contributed by atoms with Crippen LogP contribution in [-0.2, 0) is 11.2 Å². The smallest absolute Gasteiger partial charge is 0.303 e. The van der Waals surface area contributed by atoms with Gasteiger partial charge in [-0.25, -0.2) is 8.78 Å². The Morgan fingerprint density at radius 2 is 1.86 bits per heavy atom. The van der Waals surface area contributed by atoms with Crippen LogP contribution in [0.2, 0.25) is 0 Å². The summed E-state index contributed by atoms with van der Waals surface area (Å²) in [5, 5.41) is 8.34. The van der Waals surface area contributed by atoms with Gasteiger partial charge in [0.25, 0.3) is 0 Å². The molecular formula is C10H10F2O2. The summed E-state index contributed by atoms with van der Waals surface area (Å²) in [6.07, 6.45) is 0.283. The van der Waals surface area contributed by atoms with Crippen LogP contribution in [0.25, 0.3) is 0 Å². The molecule has 0 aliphatic carbocycles. The van der Waals surface area contributed by atoms with Gasteiger partial charge in [0.15, 0.2) is 0 Å². The monoisotopic (exact) mass is 200 g/mol.